The molecule has 1 aromatic carbocycles. The molecule has 3 rings (SSSR count). The summed E-state index contributed by atoms with van der Waals surface area (Å²) in [4.78, 5) is 0. The van der Waals surface area contributed by atoms with Gasteiger partial charge in [0.05, 0.1) is 0 Å². The van der Waals surface area contributed by atoms with Gasteiger partial charge in [0, 0.05) is 0 Å². The largest absolute Gasteiger partial charge is 0.508 e. The second kappa shape index (κ2) is 3.01. The van der Waals surface area contributed by atoms with Crippen LogP contribution in [0.25, 0.3) is 0 Å². The fourth-order valence-electron chi connectivity index (χ4n) is 3.35. The molecule has 1 heteroatoms. The topological polar surface area (TPSA) is 20.2 Å². The summed E-state index contributed by atoms with van der Waals surface area (Å²) >= 11 is 0. The number of hydrogen-bond acceptors (Lipinski definition) is 1. The van der Waals surface area contributed by atoms with E-state index < -0.39 is 0 Å². The number of hydrogen-bond donors (Lipinski definition) is 1. The minimum Gasteiger partial charge on any atom is -0.508 e. The number of rotatable bonds is 0. The van der Waals surface area contributed by atoms with Gasteiger partial charge in [-0.2, -0.15) is 0 Å². The lowest BCUT2D eigenvalue weighted by atomic mass is 9.87. The number of aryl methyl sites for hydroxylation is 1. The predicted octanol–water partition coefficient (Wildman–Crippen LogP) is 3.40. The van der Waals surface area contributed by atoms with Crippen LogP contribution in [0.2, 0.25) is 0 Å². The van der Waals surface area contributed by atoms with Crippen molar-refractivity contribution in [1.82, 2.24) is 0 Å². The van der Waals surface area contributed by atoms with E-state index in [1.807, 2.05) is 12.1 Å². The summed E-state index contributed by atoms with van der Waals surface area (Å²) in [6.07, 6.45) is 6.50. The molecule has 15 heavy (non-hydrogen) atoms. The third-order valence-electron chi connectivity index (χ3n) is 4.40. The molecule has 1 N–H and O–H groups in total. The maximum Gasteiger partial charge on any atom is 0.115 e. The van der Waals surface area contributed by atoms with E-state index in [-0.39, 0.29) is 0 Å². The first-order valence-electron chi connectivity index (χ1n) is 6.05. The Morgan fingerprint density at radius 2 is 2.13 bits per heavy atom. The minimum atomic E-state index is 0.435. The lowest BCUT2D eigenvalue weighted by Crippen LogP contribution is -2.09. The molecule has 1 saturated carbocycles. The first-order valence-corrected chi connectivity index (χ1v) is 6.05. The highest BCUT2D eigenvalue weighted by Gasteiger charge is 2.52. The average Bonchev–Trinajstić information content (AvgIpc) is 2.90. The molecular weight excluding hydrogens is 184 g/mol. The third-order valence-corrected chi connectivity index (χ3v) is 4.40. The van der Waals surface area contributed by atoms with Crippen molar-refractivity contribution in [3.63, 3.8) is 0 Å². The van der Waals surface area contributed by atoms with Crippen LogP contribution in [-0.4, -0.2) is 5.11 Å². The van der Waals surface area contributed by atoms with E-state index in [9.17, 15) is 5.11 Å². The summed E-state index contributed by atoms with van der Waals surface area (Å²) in [6, 6.07) is 5.98. The third kappa shape index (κ3) is 1.29. The van der Waals surface area contributed by atoms with Gasteiger partial charge in [0.25, 0.3) is 0 Å². The van der Waals surface area contributed by atoms with Gasteiger partial charge in [-0.05, 0) is 60.3 Å². The lowest BCUT2D eigenvalue weighted by molar-refractivity contribution is 0.471. The fourth-order valence-corrected chi connectivity index (χ4v) is 3.35. The van der Waals surface area contributed by atoms with E-state index in [1.165, 1.54) is 43.2 Å². The van der Waals surface area contributed by atoms with Crippen LogP contribution in [0.1, 0.15) is 43.7 Å². The van der Waals surface area contributed by atoms with Crippen molar-refractivity contribution in [1.29, 1.82) is 0 Å². The van der Waals surface area contributed by atoms with E-state index in [0.717, 1.165) is 5.92 Å². The number of phenolic OH excluding ortho intramolecular Hbond substituents is 1. The average molecular weight is 202 g/mol. The summed E-state index contributed by atoms with van der Waals surface area (Å²) < 4.78 is 0. The van der Waals surface area contributed by atoms with Crippen molar-refractivity contribution in [2.75, 3.05) is 0 Å². The summed E-state index contributed by atoms with van der Waals surface area (Å²) in [5, 5.41) is 9.63. The van der Waals surface area contributed by atoms with Gasteiger partial charge in [0.15, 0.2) is 0 Å². The van der Waals surface area contributed by atoms with Crippen LogP contribution in [0, 0.1) is 5.92 Å². The molecule has 0 saturated heterocycles. The zero-order chi connectivity index (χ0) is 10.5. The Morgan fingerprint density at radius 3 is 2.87 bits per heavy atom. The second-order valence-corrected chi connectivity index (χ2v) is 5.31. The molecule has 0 bridgehead atoms. The smallest absolute Gasteiger partial charge is 0.115 e. The number of benzene rings is 1. The van der Waals surface area contributed by atoms with Crippen LogP contribution in [0.4, 0.5) is 0 Å². The summed E-state index contributed by atoms with van der Waals surface area (Å²) in [7, 11) is 0. The monoisotopic (exact) mass is 202 g/mol. The van der Waals surface area contributed by atoms with Gasteiger partial charge in [0.1, 0.15) is 5.75 Å². The lowest BCUT2D eigenvalue weighted by Gasteiger charge is -2.17. The van der Waals surface area contributed by atoms with Crippen LogP contribution in [-0.2, 0) is 11.8 Å². The maximum absolute atomic E-state index is 9.63. The molecule has 0 unspecified atom stereocenters. The Bertz CT molecular complexity index is 396. The molecule has 1 aromatic rings. The molecule has 1 nitrogen and oxygen atoms in total. The van der Waals surface area contributed by atoms with Crippen molar-refractivity contribution in [2.45, 2.75) is 44.4 Å². The molecule has 0 aliphatic heterocycles. The molecule has 80 valence electrons. The standard InChI is InChI=1S/C14H18O/c1-10-9-14(10)7-3-2-4-11-5-6-12(15)8-13(11)14/h5-6,8,10,15H,2-4,7,9H2,1H3/t10-,14+/m0/s1. The van der Waals surface area contributed by atoms with Crippen LogP contribution in [0.3, 0.4) is 0 Å². The van der Waals surface area contributed by atoms with E-state index in [2.05, 4.69) is 13.0 Å². The molecule has 0 heterocycles. The molecular formula is C14H18O. The zero-order valence-corrected chi connectivity index (χ0v) is 9.29. The Hall–Kier alpha value is -0.980. The molecule has 2 atom stereocenters. The summed E-state index contributed by atoms with van der Waals surface area (Å²) in [5.41, 5.74) is 3.37. The summed E-state index contributed by atoms with van der Waals surface area (Å²) in [5.74, 6) is 1.25. The molecule has 0 aromatic heterocycles. The highest BCUT2D eigenvalue weighted by atomic mass is 16.3. The van der Waals surface area contributed by atoms with E-state index >= 15 is 0 Å². The first kappa shape index (κ1) is 9.26. The zero-order valence-electron chi connectivity index (χ0n) is 9.29. The molecule has 2 aliphatic carbocycles. The number of fused-ring (bicyclic) bond motifs is 2. The fraction of sp³-hybridized carbons (Fsp3) is 0.571. The van der Waals surface area contributed by atoms with Gasteiger partial charge in [-0.25, -0.2) is 0 Å². The minimum absolute atomic E-state index is 0.435. The van der Waals surface area contributed by atoms with Crippen molar-refractivity contribution < 1.29 is 5.11 Å². The van der Waals surface area contributed by atoms with Gasteiger partial charge < -0.3 is 5.11 Å². The van der Waals surface area contributed by atoms with Crippen molar-refractivity contribution in [3.05, 3.63) is 29.3 Å². The van der Waals surface area contributed by atoms with Crippen LogP contribution < -0.4 is 0 Å². The molecule has 1 spiro atoms. The second-order valence-electron chi connectivity index (χ2n) is 5.31. The van der Waals surface area contributed by atoms with Crippen LogP contribution in [0.15, 0.2) is 18.2 Å². The molecule has 2 aliphatic rings. The van der Waals surface area contributed by atoms with Gasteiger partial charge >= 0.3 is 0 Å². The molecule has 1 fully saturated rings. The normalized spacial score (nSPS) is 33.5. The Balaban J connectivity index is 2.12. The number of phenols is 1. The molecule has 0 amide bonds. The van der Waals surface area contributed by atoms with E-state index in [4.69, 9.17) is 0 Å². The quantitative estimate of drug-likeness (QED) is 0.683. The van der Waals surface area contributed by atoms with Crippen molar-refractivity contribution in [3.8, 4) is 5.75 Å². The first-order chi connectivity index (χ1) is 7.22. The van der Waals surface area contributed by atoms with Gasteiger partial charge in [-0.3, -0.25) is 0 Å². The highest BCUT2D eigenvalue weighted by molar-refractivity contribution is 5.45. The predicted molar refractivity (Wildman–Crippen MR) is 61.1 cm³/mol. The van der Waals surface area contributed by atoms with Crippen LogP contribution >= 0.6 is 0 Å². The van der Waals surface area contributed by atoms with E-state index in [1.54, 1.807) is 0 Å². The van der Waals surface area contributed by atoms with Crippen molar-refractivity contribution >= 4 is 0 Å². The van der Waals surface area contributed by atoms with Gasteiger partial charge in [0.2, 0.25) is 0 Å². The summed E-state index contributed by atoms with van der Waals surface area (Å²) in [6.45, 7) is 2.35. The van der Waals surface area contributed by atoms with Crippen LogP contribution in [0.5, 0.6) is 5.75 Å². The SMILES string of the molecule is C[C@H]1C[C@]12CCCCc1ccc(O)cc12. The van der Waals surface area contributed by atoms with Gasteiger partial charge in [-0.15, -0.1) is 0 Å². The van der Waals surface area contributed by atoms with Gasteiger partial charge in [-0.1, -0.05) is 19.4 Å². The number of aromatic hydroxyl groups is 1. The Morgan fingerprint density at radius 1 is 1.33 bits per heavy atom. The van der Waals surface area contributed by atoms with Crippen molar-refractivity contribution in [2.24, 2.45) is 5.92 Å². The maximum atomic E-state index is 9.63. The van der Waals surface area contributed by atoms with E-state index in [0.29, 0.717) is 11.2 Å². The highest BCUT2D eigenvalue weighted by Crippen LogP contribution is 2.59. The Kier molecular flexibility index (Phi) is 1.86. The molecule has 0 radical (unpaired) electrons. The Labute approximate surface area is 91.1 Å².